The molecule has 0 bridgehead atoms. The minimum absolute atomic E-state index is 0.0172. The van der Waals surface area contributed by atoms with E-state index in [4.69, 9.17) is 16.1 Å². The number of amides is 1. The average molecular weight is 493 g/mol. The van der Waals surface area contributed by atoms with Crippen LogP contribution >= 0.6 is 11.6 Å². The van der Waals surface area contributed by atoms with E-state index in [0.717, 1.165) is 37.1 Å². The van der Waals surface area contributed by atoms with Crippen molar-refractivity contribution in [1.29, 1.82) is 0 Å². The third kappa shape index (κ3) is 5.33. The topological polar surface area (TPSA) is 114 Å². The van der Waals surface area contributed by atoms with Crippen molar-refractivity contribution in [3.05, 3.63) is 70.6 Å². The number of carbonyl (C=O) groups excluding carboxylic acids is 1. The number of carbonyl (C=O) groups is 1. The second-order valence-electron chi connectivity index (χ2n) is 8.21. The van der Waals surface area contributed by atoms with E-state index in [-0.39, 0.29) is 27.1 Å². The lowest BCUT2D eigenvalue weighted by Gasteiger charge is -2.19. The highest BCUT2D eigenvalue weighted by molar-refractivity contribution is 7.92. The molecule has 1 aliphatic carbocycles. The van der Waals surface area contributed by atoms with E-state index in [1.165, 1.54) is 18.2 Å². The van der Waals surface area contributed by atoms with Gasteiger partial charge in [-0.15, -0.1) is 0 Å². The molecule has 1 unspecified atom stereocenters. The Morgan fingerprint density at radius 1 is 1.18 bits per heavy atom. The Balaban J connectivity index is 1.54. The number of nitrogens with one attached hydrogen (secondary N) is 2. The number of rotatable bonds is 8. The monoisotopic (exact) mass is 492 g/mol. The van der Waals surface area contributed by atoms with Crippen molar-refractivity contribution in [2.75, 3.05) is 4.72 Å². The molecule has 1 atom stereocenters. The van der Waals surface area contributed by atoms with Crippen molar-refractivity contribution in [3.8, 4) is 0 Å². The van der Waals surface area contributed by atoms with Crippen LogP contribution in [0.3, 0.4) is 0 Å². The predicted molar refractivity (Wildman–Crippen MR) is 120 cm³/mol. The van der Waals surface area contributed by atoms with Gasteiger partial charge in [0.2, 0.25) is 5.89 Å². The summed E-state index contributed by atoms with van der Waals surface area (Å²) in [7, 11) is -4.04. The molecular formula is C22H22ClFN4O4S. The zero-order valence-electron chi connectivity index (χ0n) is 17.9. The molecule has 33 heavy (non-hydrogen) atoms. The number of anilines is 1. The van der Waals surface area contributed by atoms with Gasteiger partial charge in [-0.3, -0.25) is 9.52 Å². The van der Waals surface area contributed by atoms with E-state index in [1.807, 2.05) is 13.8 Å². The molecule has 0 saturated heterocycles. The van der Waals surface area contributed by atoms with Crippen LogP contribution in [-0.4, -0.2) is 24.5 Å². The van der Waals surface area contributed by atoms with Crippen LogP contribution in [0.2, 0.25) is 5.02 Å². The molecular weight excluding hydrogens is 471 g/mol. The van der Waals surface area contributed by atoms with Gasteiger partial charge in [-0.1, -0.05) is 30.6 Å². The van der Waals surface area contributed by atoms with E-state index in [0.29, 0.717) is 17.6 Å². The van der Waals surface area contributed by atoms with Gasteiger partial charge in [-0.2, -0.15) is 4.98 Å². The van der Waals surface area contributed by atoms with E-state index < -0.39 is 27.8 Å². The van der Waals surface area contributed by atoms with Crippen molar-refractivity contribution < 1.29 is 22.1 Å². The van der Waals surface area contributed by atoms with Crippen molar-refractivity contribution in [1.82, 2.24) is 15.5 Å². The highest BCUT2D eigenvalue weighted by atomic mass is 35.5. The van der Waals surface area contributed by atoms with Crippen LogP contribution in [0.4, 0.5) is 10.1 Å². The summed E-state index contributed by atoms with van der Waals surface area (Å²) in [5, 5.41) is 6.98. The van der Waals surface area contributed by atoms with Crippen molar-refractivity contribution >= 4 is 33.2 Å². The molecule has 1 saturated carbocycles. The summed E-state index contributed by atoms with van der Waals surface area (Å²) in [5.41, 5.74) is 0.201. The number of sulfonamides is 1. The van der Waals surface area contributed by atoms with Gasteiger partial charge in [0, 0.05) is 11.5 Å². The molecule has 1 aliphatic rings. The first-order valence-corrected chi connectivity index (χ1v) is 12.2. The van der Waals surface area contributed by atoms with Gasteiger partial charge in [0.05, 0.1) is 15.6 Å². The normalized spacial score (nSPS) is 14.8. The molecule has 8 nitrogen and oxygen atoms in total. The molecule has 2 aromatic carbocycles. The maximum Gasteiger partial charge on any atom is 0.261 e. The van der Waals surface area contributed by atoms with Crippen LogP contribution in [-0.2, 0) is 10.0 Å². The van der Waals surface area contributed by atoms with Crippen molar-refractivity contribution in [3.63, 3.8) is 0 Å². The molecule has 3 aromatic rings. The van der Waals surface area contributed by atoms with E-state index in [2.05, 4.69) is 20.2 Å². The molecule has 11 heteroatoms. The fourth-order valence-electron chi connectivity index (χ4n) is 3.18. The summed E-state index contributed by atoms with van der Waals surface area (Å²) in [6, 6.07) is 8.06. The van der Waals surface area contributed by atoms with Gasteiger partial charge in [0.25, 0.3) is 15.9 Å². The minimum atomic E-state index is -4.04. The highest BCUT2D eigenvalue weighted by Crippen LogP contribution is 2.38. The molecule has 1 heterocycles. The third-order valence-corrected chi connectivity index (χ3v) is 6.93. The van der Waals surface area contributed by atoms with Gasteiger partial charge in [0.15, 0.2) is 5.82 Å². The second-order valence-corrected chi connectivity index (χ2v) is 10.3. The third-order valence-electron chi connectivity index (χ3n) is 5.22. The van der Waals surface area contributed by atoms with Crippen LogP contribution in [0.5, 0.6) is 0 Å². The first-order valence-electron chi connectivity index (χ1n) is 10.4. The first kappa shape index (κ1) is 23.2. The molecule has 4 rings (SSSR count). The van der Waals surface area contributed by atoms with Crippen LogP contribution in [0.25, 0.3) is 0 Å². The molecule has 174 valence electrons. The predicted octanol–water partition coefficient (Wildman–Crippen LogP) is 4.67. The zero-order chi connectivity index (χ0) is 23.8. The van der Waals surface area contributed by atoms with E-state index in [1.54, 1.807) is 0 Å². The summed E-state index contributed by atoms with van der Waals surface area (Å²) >= 11 is 6.16. The van der Waals surface area contributed by atoms with E-state index in [9.17, 15) is 17.6 Å². The maximum absolute atomic E-state index is 13.1. The molecule has 1 aromatic heterocycles. The fourth-order valence-corrected chi connectivity index (χ4v) is 4.47. The summed E-state index contributed by atoms with van der Waals surface area (Å²) in [6.07, 6.45) is 2.05. The second kappa shape index (κ2) is 9.11. The lowest BCUT2D eigenvalue weighted by molar-refractivity contribution is 0.0914. The number of halogens is 2. The fraction of sp³-hybridized carbons (Fsp3) is 0.318. The number of nitrogens with zero attached hydrogens (tertiary/aromatic N) is 2. The van der Waals surface area contributed by atoms with Crippen LogP contribution < -0.4 is 10.0 Å². The summed E-state index contributed by atoms with van der Waals surface area (Å²) in [6.45, 7) is 3.83. The smallest absolute Gasteiger partial charge is 0.261 e. The molecule has 1 amide bonds. The zero-order valence-corrected chi connectivity index (χ0v) is 19.5. The maximum atomic E-state index is 13.1. The number of hydrogen-bond donors (Lipinski definition) is 2. The van der Waals surface area contributed by atoms with Gasteiger partial charge < -0.3 is 9.84 Å². The van der Waals surface area contributed by atoms with Crippen LogP contribution in [0.15, 0.2) is 51.9 Å². The number of benzene rings is 2. The van der Waals surface area contributed by atoms with Crippen LogP contribution in [0.1, 0.15) is 60.7 Å². The molecule has 0 aliphatic heterocycles. The highest BCUT2D eigenvalue weighted by Gasteiger charge is 2.32. The van der Waals surface area contributed by atoms with Crippen molar-refractivity contribution in [2.45, 2.75) is 43.5 Å². The van der Waals surface area contributed by atoms with Gasteiger partial charge in [0.1, 0.15) is 11.9 Å². The molecule has 1 fully saturated rings. The number of aromatic nitrogens is 2. The lowest BCUT2D eigenvalue weighted by atomic mass is 10.0. The largest absolute Gasteiger partial charge is 0.340 e. The van der Waals surface area contributed by atoms with Gasteiger partial charge in [-0.25, -0.2) is 12.8 Å². The van der Waals surface area contributed by atoms with Gasteiger partial charge >= 0.3 is 0 Å². The Hall–Kier alpha value is -2.98. The summed E-state index contributed by atoms with van der Waals surface area (Å²) in [4.78, 5) is 17.2. The number of hydrogen-bond acceptors (Lipinski definition) is 6. The molecule has 2 N–H and O–H groups in total. The lowest BCUT2D eigenvalue weighted by Crippen LogP contribution is -2.32. The molecule has 0 spiro atoms. The Morgan fingerprint density at radius 3 is 2.52 bits per heavy atom. The van der Waals surface area contributed by atoms with Gasteiger partial charge in [-0.05, 0) is 61.2 Å². The Morgan fingerprint density at radius 2 is 1.88 bits per heavy atom. The standard InChI is InChI=1S/C22H22ClFN4O4S/c1-12(2)19(22-26-20(27-32-22)13-3-4-13)25-21(29)14-5-10-17(23)18(11-14)28-33(30,31)16-8-6-15(24)7-9-16/h5-13,19,28H,3-4H2,1-2H3,(H,25,29). The van der Waals surface area contributed by atoms with Crippen LogP contribution in [0, 0.1) is 11.7 Å². The van der Waals surface area contributed by atoms with Crippen molar-refractivity contribution in [2.24, 2.45) is 5.92 Å². The van der Waals surface area contributed by atoms with E-state index >= 15 is 0 Å². The first-order chi connectivity index (χ1) is 15.6. The Kier molecular flexibility index (Phi) is 6.40. The Labute approximate surface area is 195 Å². The summed E-state index contributed by atoms with van der Waals surface area (Å²) < 4.78 is 46.1. The Bertz CT molecular complexity index is 1270. The summed E-state index contributed by atoms with van der Waals surface area (Å²) in [5.74, 6) is 0.235. The SMILES string of the molecule is CC(C)C(NC(=O)c1ccc(Cl)c(NS(=O)(=O)c2ccc(F)cc2)c1)c1nc(C2CC2)no1. The average Bonchev–Trinajstić information content (AvgIpc) is 3.50. The quantitative estimate of drug-likeness (QED) is 0.472. The minimum Gasteiger partial charge on any atom is -0.340 e. The molecule has 0 radical (unpaired) electrons.